The molecule has 0 aromatic rings. The van der Waals surface area contributed by atoms with Gasteiger partial charge in [0.1, 0.15) is 0 Å². The van der Waals surface area contributed by atoms with Gasteiger partial charge in [-0.25, -0.2) is 0 Å². The molecule has 1 N–H and O–H groups in total. The molecule has 2 aliphatic rings. The molecule has 1 unspecified atom stereocenters. The fraction of sp³-hybridized carbons (Fsp3) is 0.875. The number of carbonyl (C=O) groups excluding carboxylic acids is 1. The first-order valence-corrected chi connectivity index (χ1v) is 4.37. The molecule has 1 aliphatic heterocycles. The third kappa shape index (κ3) is 1.13. The van der Waals surface area contributed by atoms with E-state index in [4.69, 9.17) is 0 Å². The Bertz CT molecular complexity index is 177. The van der Waals surface area contributed by atoms with Crippen LogP contribution in [0, 0.1) is 0 Å². The molecule has 1 saturated heterocycles. The van der Waals surface area contributed by atoms with Gasteiger partial charge in [-0.05, 0) is 19.3 Å². The molecule has 3 nitrogen and oxygen atoms in total. The lowest BCUT2D eigenvalue weighted by atomic mass is 10.3. The van der Waals surface area contributed by atoms with Crippen LogP contribution in [0.3, 0.4) is 0 Å². The van der Waals surface area contributed by atoms with E-state index in [2.05, 4.69) is 12.2 Å². The van der Waals surface area contributed by atoms with E-state index in [1.54, 1.807) is 0 Å². The van der Waals surface area contributed by atoms with E-state index < -0.39 is 0 Å². The minimum atomic E-state index is 0.291. The van der Waals surface area contributed by atoms with Crippen LogP contribution in [-0.4, -0.2) is 29.6 Å². The molecule has 0 aromatic heterocycles. The number of amides is 1. The summed E-state index contributed by atoms with van der Waals surface area (Å²) in [6.45, 7) is 2.67. The molecular formula is C8H14N2O. The molecule has 1 atom stereocenters. The van der Waals surface area contributed by atoms with E-state index in [1.165, 1.54) is 12.8 Å². The molecule has 0 spiro atoms. The molecular weight excluding hydrogens is 140 g/mol. The van der Waals surface area contributed by atoms with E-state index in [0.717, 1.165) is 6.42 Å². The van der Waals surface area contributed by atoms with Crippen molar-refractivity contribution in [2.75, 3.05) is 6.54 Å². The van der Waals surface area contributed by atoms with Crippen LogP contribution in [0.1, 0.15) is 26.2 Å². The van der Waals surface area contributed by atoms with Gasteiger partial charge in [-0.2, -0.15) is 0 Å². The fourth-order valence-electron chi connectivity index (χ4n) is 1.72. The van der Waals surface area contributed by atoms with Crippen molar-refractivity contribution < 1.29 is 4.79 Å². The van der Waals surface area contributed by atoms with Gasteiger partial charge < -0.3 is 4.90 Å². The van der Waals surface area contributed by atoms with Crippen LogP contribution in [-0.2, 0) is 4.79 Å². The maximum atomic E-state index is 11.3. The molecule has 1 saturated carbocycles. The Labute approximate surface area is 66.8 Å². The van der Waals surface area contributed by atoms with Crippen molar-refractivity contribution in [1.82, 2.24) is 10.2 Å². The predicted octanol–water partition coefficient (Wildman–Crippen LogP) is 0.317. The van der Waals surface area contributed by atoms with Crippen molar-refractivity contribution in [3.8, 4) is 0 Å². The quantitative estimate of drug-likeness (QED) is 0.621. The predicted molar refractivity (Wildman–Crippen MR) is 41.9 cm³/mol. The zero-order chi connectivity index (χ0) is 7.84. The molecule has 2 fully saturated rings. The topological polar surface area (TPSA) is 32.3 Å². The highest BCUT2D eigenvalue weighted by atomic mass is 16.2. The number of nitrogens with one attached hydrogen (secondary N) is 1. The van der Waals surface area contributed by atoms with Crippen molar-refractivity contribution in [2.24, 2.45) is 0 Å². The summed E-state index contributed by atoms with van der Waals surface area (Å²) in [7, 11) is 0. The average Bonchev–Trinajstić information content (AvgIpc) is 2.76. The number of hydrogen-bond donors (Lipinski definition) is 1. The fourth-order valence-corrected chi connectivity index (χ4v) is 1.72. The highest BCUT2D eigenvalue weighted by molar-refractivity contribution is 5.81. The second-order valence-electron chi connectivity index (χ2n) is 3.34. The van der Waals surface area contributed by atoms with Crippen LogP contribution in [0.5, 0.6) is 0 Å². The Hall–Kier alpha value is -0.570. The van der Waals surface area contributed by atoms with Crippen molar-refractivity contribution in [3.05, 3.63) is 0 Å². The Balaban J connectivity index is 2.05. The van der Waals surface area contributed by atoms with Crippen LogP contribution in [0.15, 0.2) is 0 Å². The largest absolute Gasteiger partial charge is 0.323 e. The Morgan fingerprint density at radius 3 is 2.91 bits per heavy atom. The zero-order valence-corrected chi connectivity index (χ0v) is 6.84. The molecule has 3 heteroatoms. The molecule has 62 valence electrons. The van der Waals surface area contributed by atoms with Crippen molar-refractivity contribution in [1.29, 1.82) is 0 Å². The Kier molecular flexibility index (Phi) is 1.60. The second-order valence-corrected chi connectivity index (χ2v) is 3.34. The number of nitrogens with zero attached hydrogens (tertiary/aromatic N) is 1. The minimum Gasteiger partial charge on any atom is -0.323 e. The van der Waals surface area contributed by atoms with Gasteiger partial charge in [0.25, 0.3) is 0 Å². The highest BCUT2D eigenvalue weighted by Crippen LogP contribution is 2.30. The first-order chi connectivity index (χ1) is 5.33. The molecule has 0 bridgehead atoms. The summed E-state index contributed by atoms with van der Waals surface area (Å²) in [6.07, 6.45) is 3.78. The standard InChI is InChI=1S/C8H14N2O/c1-2-7-9-5-8(11)10(7)6-3-4-6/h6-7,9H,2-5H2,1H3. The lowest BCUT2D eigenvalue weighted by Gasteiger charge is -2.22. The van der Waals surface area contributed by atoms with Gasteiger partial charge in [0.15, 0.2) is 0 Å². The van der Waals surface area contributed by atoms with E-state index in [1.807, 2.05) is 4.90 Å². The summed E-state index contributed by atoms with van der Waals surface area (Å²) in [5.41, 5.74) is 0. The Morgan fingerprint density at radius 2 is 2.36 bits per heavy atom. The smallest absolute Gasteiger partial charge is 0.238 e. The molecule has 11 heavy (non-hydrogen) atoms. The zero-order valence-electron chi connectivity index (χ0n) is 6.84. The number of carbonyl (C=O) groups is 1. The van der Waals surface area contributed by atoms with E-state index >= 15 is 0 Å². The van der Waals surface area contributed by atoms with E-state index in [9.17, 15) is 4.79 Å². The lowest BCUT2D eigenvalue weighted by Crippen LogP contribution is -2.38. The van der Waals surface area contributed by atoms with Gasteiger partial charge >= 0.3 is 0 Å². The molecule has 0 radical (unpaired) electrons. The summed E-state index contributed by atoms with van der Waals surface area (Å²) in [4.78, 5) is 13.3. The van der Waals surface area contributed by atoms with Crippen LogP contribution in [0.25, 0.3) is 0 Å². The molecule has 1 aliphatic carbocycles. The first kappa shape index (κ1) is 7.10. The molecule has 1 amide bonds. The van der Waals surface area contributed by atoms with Crippen LogP contribution >= 0.6 is 0 Å². The maximum Gasteiger partial charge on any atom is 0.238 e. The van der Waals surface area contributed by atoms with Crippen molar-refractivity contribution in [2.45, 2.75) is 38.4 Å². The first-order valence-electron chi connectivity index (χ1n) is 4.37. The highest BCUT2D eigenvalue weighted by Gasteiger charge is 2.39. The van der Waals surface area contributed by atoms with Crippen LogP contribution in [0.4, 0.5) is 0 Å². The van der Waals surface area contributed by atoms with Gasteiger partial charge in [0.2, 0.25) is 5.91 Å². The van der Waals surface area contributed by atoms with Gasteiger partial charge in [0, 0.05) is 6.04 Å². The lowest BCUT2D eigenvalue weighted by molar-refractivity contribution is -0.128. The summed E-state index contributed by atoms with van der Waals surface area (Å²) in [5.74, 6) is 0.291. The monoisotopic (exact) mass is 154 g/mol. The summed E-state index contributed by atoms with van der Waals surface area (Å²) in [5, 5.41) is 3.20. The normalized spacial score (nSPS) is 31.5. The summed E-state index contributed by atoms with van der Waals surface area (Å²) in [6, 6.07) is 0.572. The SMILES string of the molecule is CCC1NCC(=O)N1C1CC1. The Morgan fingerprint density at radius 1 is 1.64 bits per heavy atom. The van der Waals surface area contributed by atoms with Gasteiger partial charge in [-0.3, -0.25) is 10.1 Å². The minimum absolute atomic E-state index is 0.291. The molecule has 1 heterocycles. The van der Waals surface area contributed by atoms with Crippen LogP contribution in [0.2, 0.25) is 0 Å². The van der Waals surface area contributed by atoms with E-state index in [0.29, 0.717) is 24.7 Å². The van der Waals surface area contributed by atoms with E-state index in [-0.39, 0.29) is 0 Å². The number of rotatable bonds is 2. The third-order valence-corrected chi connectivity index (χ3v) is 2.44. The maximum absolute atomic E-state index is 11.3. The number of hydrogen-bond acceptors (Lipinski definition) is 2. The third-order valence-electron chi connectivity index (χ3n) is 2.44. The summed E-state index contributed by atoms with van der Waals surface area (Å²) >= 11 is 0. The van der Waals surface area contributed by atoms with Crippen LogP contribution < -0.4 is 5.32 Å². The average molecular weight is 154 g/mol. The van der Waals surface area contributed by atoms with Gasteiger partial charge in [0.05, 0.1) is 12.7 Å². The summed E-state index contributed by atoms with van der Waals surface area (Å²) < 4.78 is 0. The van der Waals surface area contributed by atoms with Gasteiger partial charge in [-0.1, -0.05) is 6.92 Å². The molecule has 2 rings (SSSR count). The van der Waals surface area contributed by atoms with Crippen molar-refractivity contribution in [3.63, 3.8) is 0 Å². The van der Waals surface area contributed by atoms with Gasteiger partial charge in [-0.15, -0.1) is 0 Å². The second kappa shape index (κ2) is 2.48. The van der Waals surface area contributed by atoms with Crippen molar-refractivity contribution >= 4 is 5.91 Å². The molecule has 0 aromatic carbocycles.